The molecule has 2 aromatic heterocycles. The summed E-state index contributed by atoms with van der Waals surface area (Å²) in [6, 6.07) is 0.369. The Kier molecular flexibility index (Phi) is 3.82. The zero-order chi connectivity index (χ0) is 13.9. The van der Waals surface area contributed by atoms with Crippen LogP contribution in [0, 0.1) is 6.92 Å². The number of imidazole rings is 1. The minimum atomic E-state index is 0.369. The third-order valence-electron chi connectivity index (χ3n) is 4.02. The predicted molar refractivity (Wildman–Crippen MR) is 76.3 cm³/mol. The predicted octanol–water partition coefficient (Wildman–Crippen LogP) is 1.71. The molecule has 0 bridgehead atoms. The molecule has 1 atom stereocenters. The fourth-order valence-electron chi connectivity index (χ4n) is 2.99. The van der Waals surface area contributed by atoms with Crippen molar-refractivity contribution in [3.8, 4) is 0 Å². The summed E-state index contributed by atoms with van der Waals surface area (Å²) >= 11 is 0. The van der Waals surface area contributed by atoms with E-state index in [1.165, 1.54) is 6.42 Å². The summed E-state index contributed by atoms with van der Waals surface area (Å²) in [7, 11) is 0. The first-order valence-corrected chi connectivity index (χ1v) is 7.41. The minimum Gasteiger partial charge on any atom is -0.334 e. The van der Waals surface area contributed by atoms with Crippen LogP contribution in [0.1, 0.15) is 43.3 Å². The lowest BCUT2D eigenvalue weighted by Gasteiger charge is -2.22. The number of aromatic amines is 1. The van der Waals surface area contributed by atoms with Gasteiger partial charge >= 0.3 is 0 Å². The van der Waals surface area contributed by atoms with Gasteiger partial charge in [0.2, 0.25) is 0 Å². The molecule has 0 unspecified atom stereocenters. The lowest BCUT2D eigenvalue weighted by atomic mass is 10.2. The van der Waals surface area contributed by atoms with E-state index in [2.05, 4.69) is 42.8 Å². The number of nitrogens with one attached hydrogen (secondary N) is 1. The van der Waals surface area contributed by atoms with Gasteiger partial charge < -0.3 is 4.57 Å². The van der Waals surface area contributed by atoms with Crippen molar-refractivity contribution in [3.05, 3.63) is 29.9 Å². The largest absolute Gasteiger partial charge is 0.334 e. The molecule has 20 heavy (non-hydrogen) atoms. The van der Waals surface area contributed by atoms with E-state index in [1.54, 1.807) is 0 Å². The Morgan fingerprint density at radius 3 is 3.05 bits per heavy atom. The molecule has 3 heterocycles. The second-order valence-corrected chi connectivity index (χ2v) is 5.36. The number of rotatable bonds is 5. The molecule has 1 aliphatic rings. The molecule has 1 aliphatic heterocycles. The Hall–Kier alpha value is -1.69. The molecular weight excluding hydrogens is 252 g/mol. The first-order valence-electron chi connectivity index (χ1n) is 7.41. The van der Waals surface area contributed by atoms with Gasteiger partial charge in [-0.15, -0.1) is 0 Å². The number of nitrogens with zero attached hydrogens (tertiary/aromatic N) is 5. The third kappa shape index (κ3) is 2.60. The molecule has 0 aromatic carbocycles. The third-order valence-corrected chi connectivity index (χ3v) is 4.02. The molecule has 2 aromatic rings. The van der Waals surface area contributed by atoms with Crippen molar-refractivity contribution in [2.24, 2.45) is 0 Å². The quantitative estimate of drug-likeness (QED) is 0.901. The van der Waals surface area contributed by atoms with Gasteiger partial charge in [0.1, 0.15) is 11.6 Å². The van der Waals surface area contributed by atoms with Crippen LogP contribution in [0.25, 0.3) is 0 Å². The van der Waals surface area contributed by atoms with Gasteiger partial charge in [-0.2, -0.15) is 5.10 Å². The molecule has 1 N–H and O–H groups in total. The molecule has 0 amide bonds. The molecule has 6 nitrogen and oxygen atoms in total. The topological polar surface area (TPSA) is 62.6 Å². The summed E-state index contributed by atoms with van der Waals surface area (Å²) in [5, 5.41) is 7.28. The first-order chi connectivity index (χ1) is 9.78. The Balaban J connectivity index is 1.64. The van der Waals surface area contributed by atoms with Gasteiger partial charge in [0.25, 0.3) is 0 Å². The summed E-state index contributed by atoms with van der Waals surface area (Å²) in [5.74, 6) is 3.01. The number of aromatic nitrogens is 5. The zero-order valence-corrected chi connectivity index (χ0v) is 12.2. The number of H-pyrrole nitrogens is 1. The highest BCUT2D eigenvalue weighted by Gasteiger charge is 2.28. The number of likely N-dealkylation sites (tertiary alicyclic amines) is 1. The Bertz CT molecular complexity index is 558. The average molecular weight is 274 g/mol. The van der Waals surface area contributed by atoms with E-state index in [0.29, 0.717) is 6.04 Å². The average Bonchev–Trinajstić information content (AvgIpc) is 3.15. The van der Waals surface area contributed by atoms with Gasteiger partial charge in [-0.25, -0.2) is 9.97 Å². The lowest BCUT2D eigenvalue weighted by Crippen LogP contribution is -2.28. The van der Waals surface area contributed by atoms with Gasteiger partial charge in [0.05, 0.1) is 6.04 Å². The standard InChI is InChI=1S/C14H22N6/c1-3-13-15-6-8-20(13)10-9-19-7-4-5-12(19)14-16-11(2)17-18-14/h6,8,12H,3-5,7,9-10H2,1-2H3,(H,16,17,18)/t12-/m1/s1. The summed E-state index contributed by atoms with van der Waals surface area (Å²) in [4.78, 5) is 11.4. The number of aryl methyl sites for hydroxylation is 2. The van der Waals surface area contributed by atoms with E-state index < -0.39 is 0 Å². The number of hydrogen-bond donors (Lipinski definition) is 1. The zero-order valence-electron chi connectivity index (χ0n) is 12.2. The van der Waals surface area contributed by atoms with Crippen LogP contribution in [0.4, 0.5) is 0 Å². The molecule has 1 fully saturated rings. The summed E-state index contributed by atoms with van der Waals surface area (Å²) in [5.41, 5.74) is 0. The van der Waals surface area contributed by atoms with Crippen molar-refractivity contribution in [1.29, 1.82) is 0 Å². The van der Waals surface area contributed by atoms with Crippen LogP contribution in [0.2, 0.25) is 0 Å². The SMILES string of the molecule is CCc1nccn1CCN1CCC[C@@H]1c1n[nH]c(C)n1. The second kappa shape index (κ2) is 5.75. The minimum absolute atomic E-state index is 0.369. The molecule has 6 heteroatoms. The smallest absolute Gasteiger partial charge is 0.167 e. The van der Waals surface area contributed by atoms with Crippen LogP contribution >= 0.6 is 0 Å². The van der Waals surface area contributed by atoms with E-state index in [1.807, 2.05) is 13.1 Å². The molecule has 0 aliphatic carbocycles. The Labute approximate surface area is 119 Å². The van der Waals surface area contributed by atoms with Crippen molar-refractivity contribution < 1.29 is 0 Å². The number of hydrogen-bond acceptors (Lipinski definition) is 4. The Morgan fingerprint density at radius 2 is 2.30 bits per heavy atom. The van der Waals surface area contributed by atoms with Crippen LogP contribution in [0.3, 0.4) is 0 Å². The highest BCUT2D eigenvalue weighted by Crippen LogP contribution is 2.29. The lowest BCUT2D eigenvalue weighted by molar-refractivity contribution is 0.238. The van der Waals surface area contributed by atoms with Crippen molar-refractivity contribution in [2.45, 2.75) is 45.7 Å². The van der Waals surface area contributed by atoms with Crippen LogP contribution in [0.15, 0.2) is 12.4 Å². The maximum atomic E-state index is 4.49. The van der Waals surface area contributed by atoms with Crippen LogP contribution in [-0.4, -0.2) is 42.7 Å². The van der Waals surface area contributed by atoms with Crippen molar-refractivity contribution in [2.75, 3.05) is 13.1 Å². The Morgan fingerprint density at radius 1 is 1.40 bits per heavy atom. The second-order valence-electron chi connectivity index (χ2n) is 5.36. The maximum absolute atomic E-state index is 4.49. The fraction of sp³-hybridized carbons (Fsp3) is 0.643. The molecule has 1 saturated heterocycles. The van der Waals surface area contributed by atoms with Gasteiger partial charge in [-0.3, -0.25) is 10.00 Å². The molecule has 0 spiro atoms. The summed E-state index contributed by atoms with van der Waals surface area (Å²) < 4.78 is 2.25. The van der Waals surface area contributed by atoms with Crippen molar-refractivity contribution >= 4 is 0 Å². The highest BCUT2D eigenvalue weighted by molar-refractivity contribution is 4.99. The molecule has 0 saturated carbocycles. The normalized spacial score (nSPS) is 19.8. The van der Waals surface area contributed by atoms with Gasteiger partial charge in [0, 0.05) is 31.9 Å². The maximum Gasteiger partial charge on any atom is 0.167 e. The highest BCUT2D eigenvalue weighted by atomic mass is 15.3. The van der Waals surface area contributed by atoms with Gasteiger partial charge in [-0.1, -0.05) is 6.92 Å². The van der Waals surface area contributed by atoms with E-state index >= 15 is 0 Å². The van der Waals surface area contributed by atoms with E-state index in [-0.39, 0.29) is 0 Å². The van der Waals surface area contributed by atoms with Crippen LogP contribution < -0.4 is 0 Å². The molecule has 0 radical (unpaired) electrons. The summed E-state index contributed by atoms with van der Waals surface area (Å²) in [6.07, 6.45) is 7.32. The van der Waals surface area contributed by atoms with Crippen LogP contribution in [-0.2, 0) is 13.0 Å². The first kappa shape index (κ1) is 13.3. The van der Waals surface area contributed by atoms with E-state index in [9.17, 15) is 0 Å². The molecule has 3 rings (SSSR count). The molecular formula is C14H22N6. The fourth-order valence-corrected chi connectivity index (χ4v) is 2.99. The van der Waals surface area contributed by atoms with Crippen molar-refractivity contribution in [1.82, 2.24) is 29.6 Å². The van der Waals surface area contributed by atoms with Gasteiger partial charge in [-0.05, 0) is 26.3 Å². The monoisotopic (exact) mass is 274 g/mol. The summed E-state index contributed by atoms with van der Waals surface area (Å²) in [6.45, 7) is 7.25. The van der Waals surface area contributed by atoms with Crippen LogP contribution in [0.5, 0.6) is 0 Å². The van der Waals surface area contributed by atoms with Gasteiger partial charge in [0.15, 0.2) is 5.82 Å². The van der Waals surface area contributed by atoms with Crippen molar-refractivity contribution in [3.63, 3.8) is 0 Å². The van der Waals surface area contributed by atoms with E-state index in [4.69, 9.17) is 0 Å². The van der Waals surface area contributed by atoms with E-state index in [0.717, 1.165) is 49.9 Å². The molecule has 108 valence electrons.